The van der Waals surface area contributed by atoms with Crippen molar-refractivity contribution in [2.45, 2.75) is 19.1 Å². The summed E-state index contributed by atoms with van der Waals surface area (Å²) in [5, 5.41) is 3.35. The molecular formula is C22H25FN2O5. The molecule has 0 aromatic heterocycles. The molecule has 0 unspecified atom stereocenters. The average Bonchev–Trinajstić information content (AvgIpc) is 2.79. The Morgan fingerprint density at radius 3 is 2.77 bits per heavy atom. The smallest absolute Gasteiger partial charge is 0.410 e. The minimum atomic E-state index is -0.753. The van der Waals surface area contributed by atoms with Crippen LogP contribution in [0.15, 0.2) is 48.5 Å². The lowest BCUT2D eigenvalue weighted by molar-refractivity contribution is 0.0595. The molecular weight excluding hydrogens is 391 g/mol. The molecule has 1 heterocycles. The minimum Gasteiger partial charge on any atom is -0.494 e. The molecule has 3 rings (SSSR count). The number of halogens is 1. The van der Waals surface area contributed by atoms with E-state index in [0.29, 0.717) is 38.4 Å². The SMILES string of the molecule is COC(=O)c1cc(OCC[C@@H]2CN(C(=O)OCc3ccccc3)CCN2)ccc1F. The summed E-state index contributed by atoms with van der Waals surface area (Å²) in [6, 6.07) is 13.5. The van der Waals surface area contributed by atoms with Crippen molar-refractivity contribution in [3.05, 3.63) is 65.5 Å². The van der Waals surface area contributed by atoms with Crippen LogP contribution in [0.25, 0.3) is 0 Å². The van der Waals surface area contributed by atoms with Gasteiger partial charge in [-0.1, -0.05) is 30.3 Å². The summed E-state index contributed by atoms with van der Waals surface area (Å²) in [5.74, 6) is -1.03. The Labute approximate surface area is 174 Å². The molecule has 1 saturated heterocycles. The predicted molar refractivity (Wildman–Crippen MR) is 108 cm³/mol. The summed E-state index contributed by atoms with van der Waals surface area (Å²) < 4.78 is 29.3. The van der Waals surface area contributed by atoms with E-state index in [9.17, 15) is 14.0 Å². The van der Waals surface area contributed by atoms with E-state index in [2.05, 4.69) is 10.1 Å². The maximum absolute atomic E-state index is 13.7. The van der Waals surface area contributed by atoms with Crippen LogP contribution >= 0.6 is 0 Å². The minimum absolute atomic E-state index is 0.0450. The van der Waals surface area contributed by atoms with E-state index < -0.39 is 11.8 Å². The standard InChI is InChI=1S/C22H25FN2O5/c1-28-21(26)19-13-18(7-8-20(19)23)29-12-9-17-14-25(11-10-24-17)22(27)30-15-16-5-3-2-4-6-16/h2-8,13,17,24H,9-12,14-15H2,1H3/t17-/m1/s1. The number of rotatable bonds is 7. The van der Waals surface area contributed by atoms with E-state index in [4.69, 9.17) is 9.47 Å². The Kier molecular flexibility index (Phi) is 7.62. The van der Waals surface area contributed by atoms with Crippen molar-refractivity contribution in [2.24, 2.45) is 0 Å². The molecule has 0 saturated carbocycles. The van der Waals surface area contributed by atoms with Crippen molar-refractivity contribution in [1.29, 1.82) is 0 Å². The molecule has 1 fully saturated rings. The number of hydrogen-bond acceptors (Lipinski definition) is 6. The van der Waals surface area contributed by atoms with Crippen molar-refractivity contribution in [3.8, 4) is 5.75 Å². The molecule has 30 heavy (non-hydrogen) atoms. The predicted octanol–water partition coefficient (Wildman–Crippen LogP) is 2.99. The van der Waals surface area contributed by atoms with E-state index in [1.807, 2.05) is 30.3 Å². The van der Waals surface area contributed by atoms with Crippen molar-refractivity contribution >= 4 is 12.1 Å². The van der Waals surface area contributed by atoms with Crippen molar-refractivity contribution in [2.75, 3.05) is 33.4 Å². The number of carbonyl (C=O) groups is 2. The van der Waals surface area contributed by atoms with Gasteiger partial charge in [-0.3, -0.25) is 0 Å². The normalized spacial score (nSPS) is 16.1. The second-order valence-electron chi connectivity index (χ2n) is 6.91. The topological polar surface area (TPSA) is 77.1 Å². The molecule has 1 atom stereocenters. The molecule has 1 amide bonds. The number of methoxy groups -OCH3 is 1. The molecule has 7 nitrogen and oxygen atoms in total. The molecule has 8 heteroatoms. The third-order valence-electron chi connectivity index (χ3n) is 4.80. The highest BCUT2D eigenvalue weighted by molar-refractivity contribution is 5.90. The zero-order valence-corrected chi connectivity index (χ0v) is 16.8. The van der Waals surface area contributed by atoms with Crippen LogP contribution in [0.3, 0.4) is 0 Å². The van der Waals surface area contributed by atoms with Gasteiger partial charge in [0.1, 0.15) is 18.2 Å². The van der Waals surface area contributed by atoms with Crippen LogP contribution in [0.5, 0.6) is 5.75 Å². The number of ether oxygens (including phenoxy) is 3. The first-order chi connectivity index (χ1) is 14.6. The summed E-state index contributed by atoms with van der Waals surface area (Å²) in [5.41, 5.74) is 0.773. The van der Waals surface area contributed by atoms with Gasteiger partial charge in [-0.15, -0.1) is 0 Å². The maximum atomic E-state index is 13.7. The third kappa shape index (κ3) is 5.93. The number of piperazine rings is 1. The van der Waals surface area contributed by atoms with Gasteiger partial charge in [-0.2, -0.15) is 0 Å². The summed E-state index contributed by atoms with van der Waals surface area (Å²) in [4.78, 5) is 25.6. The third-order valence-corrected chi connectivity index (χ3v) is 4.80. The summed E-state index contributed by atoms with van der Waals surface area (Å²) in [6.45, 7) is 2.33. The number of benzene rings is 2. The quantitative estimate of drug-likeness (QED) is 0.700. The van der Waals surface area contributed by atoms with Gasteiger partial charge in [0, 0.05) is 25.7 Å². The second kappa shape index (κ2) is 10.6. The van der Waals surface area contributed by atoms with Crippen LogP contribution in [0, 0.1) is 5.82 Å². The number of amides is 1. The highest BCUT2D eigenvalue weighted by atomic mass is 19.1. The molecule has 1 aliphatic heterocycles. The Morgan fingerprint density at radius 2 is 2.00 bits per heavy atom. The first-order valence-corrected chi connectivity index (χ1v) is 9.76. The Hall–Kier alpha value is -3.13. The van der Waals surface area contributed by atoms with Crippen molar-refractivity contribution in [1.82, 2.24) is 10.2 Å². The Balaban J connectivity index is 1.45. The van der Waals surface area contributed by atoms with Crippen LogP contribution in [0.4, 0.5) is 9.18 Å². The molecule has 2 aromatic rings. The Morgan fingerprint density at radius 1 is 1.20 bits per heavy atom. The van der Waals surface area contributed by atoms with Crippen LogP contribution in [-0.2, 0) is 16.1 Å². The molecule has 2 aromatic carbocycles. The van der Waals surface area contributed by atoms with Gasteiger partial charge in [-0.05, 0) is 30.2 Å². The van der Waals surface area contributed by atoms with E-state index in [1.165, 1.54) is 25.3 Å². The van der Waals surface area contributed by atoms with Crippen LogP contribution < -0.4 is 10.1 Å². The lowest BCUT2D eigenvalue weighted by Gasteiger charge is -2.33. The summed E-state index contributed by atoms with van der Waals surface area (Å²) >= 11 is 0. The molecule has 0 spiro atoms. The highest BCUT2D eigenvalue weighted by Gasteiger charge is 2.24. The van der Waals surface area contributed by atoms with Crippen molar-refractivity contribution < 1.29 is 28.2 Å². The zero-order chi connectivity index (χ0) is 21.3. The number of nitrogens with zero attached hydrogens (tertiary/aromatic N) is 1. The van der Waals surface area contributed by atoms with E-state index in [-0.39, 0.29) is 24.3 Å². The number of esters is 1. The largest absolute Gasteiger partial charge is 0.494 e. The molecule has 1 N–H and O–H groups in total. The molecule has 0 radical (unpaired) electrons. The maximum Gasteiger partial charge on any atom is 0.410 e. The molecule has 0 bridgehead atoms. The van der Waals surface area contributed by atoms with Crippen LogP contribution in [-0.4, -0.2) is 56.4 Å². The van der Waals surface area contributed by atoms with E-state index >= 15 is 0 Å². The van der Waals surface area contributed by atoms with Gasteiger partial charge in [0.25, 0.3) is 0 Å². The van der Waals surface area contributed by atoms with Crippen LogP contribution in [0.2, 0.25) is 0 Å². The fourth-order valence-electron chi connectivity index (χ4n) is 3.17. The fraction of sp³-hybridized carbons (Fsp3) is 0.364. The van der Waals surface area contributed by atoms with Gasteiger partial charge < -0.3 is 24.4 Å². The summed E-state index contributed by atoms with van der Waals surface area (Å²) in [7, 11) is 1.20. The van der Waals surface area contributed by atoms with Gasteiger partial charge in [-0.25, -0.2) is 14.0 Å². The molecule has 1 aliphatic rings. The Bertz CT molecular complexity index is 862. The highest BCUT2D eigenvalue weighted by Crippen LogP contribution is 2.18. The average molecular weight is 416 g/mol. The van der Waals surface area contributed by atoms with E-state index in [0.717, 1.165) is 5.56 Å². The van der Waals surface area contributed by atoms with Gasteiger partial charge >= 0.3 is 12.1 Å². The molecule has 160 valence electrons. The van der Waals surface area contributed by atoms with Gasteiger partial charge in [0.2, 0.25) is 0 Å². The summed E-state index contributed by atoms with van der Waals surface area (Å²) in [6.07, 6.45) is 0.292. The van der Waals surface area contributed by atoms with E-state index in [1.54, 1.807) is 4.90 Å². The first kappa shape index (κ1) is 21.6. The number of hydrogen-bond donors (Lipinski definition) is 1. The monoisotopic (exact) mass is 416 g/mol. The van der Waals surface area contributed by atoms with Crippen molar-refractivity contribution in [3.63, 3.8) is 0 Å². The number of carbonyl (C=O) groups excluding carboxylic acids is 2. The lowest BCUT2D eigenvalue weighted by Crippen LogP contribution is -2.53. The van der Waals surface area contributed by atoms with Crippen LogP contribution in [0.1, 0.15) is 22.3 Å². The second-order valence-corrected chi connectivity index (χ2v) is 6.91. The first-order valence-electron chi connectivity index (χ1n) is 9.76. The number of nitrogens with one attached hydrogen (secondary N) is 1. The lowest BCUT2D eigenvalue weighted by atomic mass is 10.1. The van der Waals surface area contributed by atoms with Gasteiger partial charge in [0.15, 0.2) is 0 Å². The zero-order valence-electron chi connectivity index (χ0n) is 16.8. The fourth-order valence-corrected chi connectivity index (χ4v) is 3.17. The van der Waals surface area contributed by atoms with Gasteiger partial charge in [0.05, 0.1) is 19.3 Å². The molecule has 0 aliphatic carbocycles.